The summed E-state index contributed by atoms with van der Waals surface area (Å²) in [5, 5.41) is 10.5. The van der Waals surface area contributed by atoms with Crippen molar-refractivity contribution in [2.24, 2.45) is 0 Å². The molecule has 1 atom stereocenters. The summed E-state index contributed by atoms with van der Waals surface area (Å²) in [5.41, 5.74) is 3.04. The predicted octanol–water partition coefficient (Wildman–Crippen LogP) is 4.12. The van der Waals surface area contributed by atoms with Gasteiger partial charge in [0.15, 0.2) is 0 Å². The fourth-order valence-corrected chi connectivity index (χ4v) is 2.16. The molecule has 0 aromatic heterocycles. The number of ether oxygens (including phenoxy) is 1. The topological polar surface area (TPSA) is 29.5 Å². The lowest BCUT2D eigenvalue weighted by Gasteiger charge is -2.15. The van der Waals surface area contributed by atoms with E-state index in [0.29, 0.717) is 0 Å². The zero-order valence-corrected chi connectivity index (χ0v) is 12.3. The van der Waals surface area contributed by atoms with Crippen molar-refractivity contribution in [2.75, 3.05) is 0 Å². The minimum atomic E-state index is -0.614. The van der Waals surface area contributed by atoms with E-state index in [9.17, 15) is 5.11 Å². The standard InChI is InChI=1S/C18H22O2/c1-4-14-8-10-15(11-9-14)18(19)16-6-5-7-17(12-16)20-13(2)3/h5-13,18-19H,4H2,1-3H3. The summed E-state index contributed by atoms with van der Waals surface area (Å²) in [5.74, 6) is 0.793. The quantitative estimate of drug-likeness (QED) is 0.885. The fraction of sp³-hybridized carbons (Fsp3) is 0.333. The first-order valence-corrected chi connectivity index (χ1v) is 7.13. The van der Waals surface area contributed by atoms with Crippen LogP contribution in [-0.2, 0) is 6.42 Å². The van der Waals surface area contributed by atoms with E-state index in [2.05, 4.69) is 19.1 Å². The Hall–Kier alpha value is -1.80. The van der Waals surface area contributed by atoms with Gasteiger partial charge >= 0.3 is 0 Å². The van der Waals surface area contributed by atoms with Gasteiger partial charge in [-0.3, -0.25) is 0 Å². The van der Waals surface area contributed by atoms with Gasteiger partial charge in [0.25, 0.3) is 0 Å². The lowest BCUT2D eigenvalue weighted by Crippen LogP contribution is -2.06. The summed E-state index contributed by atoms with van der Waals surface area (Å²) >= 11 is 0. The van der Waals surface area contributed by atoms with E-state index in [0.717, 1.165) is 23.3 Å². The zero-order valence-electron chi connectivity index (χ0n) is 12.3. The summed E-state index contributed by atoms with van der Waals surface area (Å²) in [6, 6.07) is 15.7. The Morgan fingerprint density at radius 3 is 2.30 bits per heavy atom. The number of benzene rings is 2. The van der Waals surface area contributed by atoms with Gasteiger partial charge in [0.1, 0.15) is 11.9 Å². The molecule has 2 rings (SSSR count). The van der Waals surface area contributed by atoms with Gasteiger partial charge in [-0.25, -0.2) is 0 Å². The Balaban J connectivity index is 2.20. The van der Waals surface area contributed by atoms with Crippen molar-refractivity contribution >= 4 is 0 Å². The molecule has 0 fully saturated rings. The molecule has 0 radical (unpaired) electrons. The minimum absolute atomic E-state index is 0.131. The average Bonchev–Trinajstić information content (AvgIpc) is 2.46. The van der Waals surface area contributed by atoms with Crippen molar-refractivity contribution in [3.05, 3.63) is 65.2 Å². The van der Waals surface area contributed by atoms with Crippen LogP contribution in [-0.4, -0.2) is 11.2 Å². The van der Waals surface area contributed by atoms with E-state index in [1.165, 1.54) is 5.56 Å². The van der Waals surface area contributed by atoms with Crippen LogP contribution in [0.2, 0.25) is 0 Å². The van der Waals surface area contributed by atoms with E-state index >= 15 is 0 Å². The third kappa shape index (κ3) is 3.61. The molecule has 0 heterocycles. The van der Waals surface area contributed by atoms with E-state index in [-0.39, 0.29) is 6.10 Å². The first kappa shape index (κ1) is 14.6. The van der Waals surface area contributed by atoms with Crippen LogP contribution in [0.1, 0.15) is 43.6 Å². The largest absolute Gasteiger partial charge is 0.491 e. The van der Waals surface area contributed by atoms with Crippen molar-refractivity contribution in [3.8, 4) is 5.75 Å². The van der Waals surface area contributed by atoms with Gasteiger partial charge < -0.3 is 9.84 Å². The van der Waals surface area contributed by atoms with Crippen LogP contribution in [0.3, 0.4) is 0 Å². The lowest BCUT2D eigenvalue weighted by atomic mass is 10.00. The van der Waals surface area contributed by atoms with Crippen molar-refractivity contribution in [3.63, 3.8) is 0 Å². The average molecular weight is 270 g/mol. The van der Waals surface area contributed by atoms with E-state index < -0.39 is 6.10 Å². The highest BCUT2D eigenvalue weighted by molar-refractivity contribution is 5.36. The van der Waals surface area contributed by atoms with Gasteiger partial charge in [-0.2, -0.15) is 0 Å². The highest BCUT2D eigenvalue weighted by Gasteiger charge is 2.11. The maximum absolute atomic E-state index is 10.5. The van der Waals surface area contributed by atoms with Crippen molar-refractivity contribution in [1.29, 1.82) is 0 Å². The number of aliphatic hydroxyl groups is 1. The van der Waals surface area contributed by atoms with Gasteiger partial charge in [-0.1, -0.05) is 43.3 Å². The van der Waals surface area contributed by atoms with Gasteiger partial charge in [0.2, 0.25) is 0 Å². The Morgan fingerprint density at radius 1 is 1.00 bits per heavy atom. The van der Waals surface area contributed by atoms with Crippen LogP contribution in [0.25, 0.3) is 0 Å². The third-order valence-corrected chi connectivity index (χ3v) is 3.25. The lowest BCUT2D eigenvalue weighted by molar-refractivity contribution is 0.216. The first-order chi connectivity index (χ1) is 9.60. The predicted molar refractivity (Wildman–Crippen MR) is 82.1 cm³/mol. The summed E-state index contributed by atoms with van der Waals surface area (Å²) in [4.78, 5) is 0. The number of hydrogen-bond acceptors (Lipinski definition) is 2. The maximum atomic E-state index is 10.5. The molecule has 0 aliphatic heterocycles. The maximum Gasteiger partial charge on any atom is 0.120 e. The highest BCUT2D eigenvalue weighted by Crippen LogP contribution is 2.25. The SMILES string of the molecule is CCc1ccc(C(O)c2cccc(OC(C)C)c2)cc1. The van der Waals surface area contributed by atoms with Crippen LogP contribution in [0.5, 0.6) is 5.75 Å². The molecule has 2 aromatic carbocycles. The number of aliphatic hydroxyl groups excluding tert-OH is 1. The van der Waals surface area contributed by atoms with Gasteiger partial charge in [-0.15, -0.1) is 0 Å². The third-order valence-electron chi connectivity index (χ3n) is 3.25. The van der Waals surface area contributed by atoms with Gasteiger partial charge in [0, 0.05) is 0 Å². The van der Waals surface area contributed by atoms with E-state index in [1.54, 1.807) is 0 Å². The first-order valence-electron chi connectivity index (χ1n) is 7.13. The summed E-state index contributed by atoms with van der Waals surface area (Å²) in [6.07, 6.45) is 0.525. The minimum Gasteiger partial charge on any atom is -0.491 e. The molecule has 1 N–H and O–H groups in total. The molecule has 20 heavy (non-hydrogen) atoms. The molecule has 0 saturated carbocycles. The van der Waals surface area contributed by atoms with Crippen LogP contribution in [0.15, 0.2) is 48.5 Å². The molecule has 0 aliphatic carbocycles. The molecule has 0 amide bonds. The van der Waals surface area contributed by atoms with E-state index in [4.69, 9.17) is 4.74 Å². The Labute approximate surface area is 121 Å². The summed E-state index contributed by atoms with van der Waals surface area (Å²) in [7, 11) is 0. The van der Waals surface area contributed by atoms with E-state index in [1.807, 2.05) is 50.2 Å². The van der Waals surface area contributed by atoms with Crippen LogP contribution < -0.4 is 4.74 Å². The van der Waals surface area contributed by atoms with Crippen molar-refractivity contribution in [1.82, 2.24) is 0 Å². The van der Waals surface area contributed by atoms with Gasteiger partial charge in [-0.05, 0) is 49.1 Å². The second-order valence-electron chi connectivity index (χ2n) is 5.24. The summed E-state index contributed by atoms with van der Waals surface area (Å²) in [6.45, 7) is 6.11. The molecule has 2 aromatic rings. The van der Waals surface area contributed by atoms with Crippen LogP contribution in [0.4, 0.5) is 0 Å². The molecule has 1 unspecified atom stereocenters. The fourth-order valence-electron chi connectivity index (χ4n) is 2.16. The molecule has 2 nitrogen and oxygen atoms in total. The molecular weight excluding hydrogens is 248 g/mol. The zero-order chi connectivity index (χ0) is 14.5. The van der Waals surface area contributed by atoms with Crippen LogP contribution >= 0.6 is 0 Å². The Morgan fingerprint density at radius 2 is 1.70 bits per heavy atom. The molecule has 0 spiro atoms. The molecule has 106 valence electrons. The molecule has 0 saturated heterocycles. The highest BCUT2D eigenvalue weighted by atomic mass is 16.5. The smallest absolute Gasteiger partial charge is 0.120 e. The molecule has 2 heteroatoms. The molecule has 0 bridgehead atoms. The molecule has 0 aliphatic rings. The van der Waals surface area contributed by atoms with Crippen molar-refractivity contribution < 1.29 is 9.84 Å². The normalized spacial score (nSPS) is 12.4. The number of rotatable bonds is 5. The van der Waals surface area contributed by atoms with Crippen LogP contribution in [0, 0.1) is 0 Å². The second kappa shape index (κ2) is 6.58. The number of aryl methyl sites for hydroxylation is 1. The second-order valence-corrected chi connectivity index (χ2v) is 5.24. The monoisotopic (exact) mass is 270 g/mol. The van der Waals surface area contributed by atoms with Crippen molar-refractivity contribution in [2.45, 2.75) is 39.4 Å². The number of hydrogen-bond donors (Lipinski definition) is 1. The Bertz CT molecular complexity index is 544. The Kier molecular flexibility index (Phi) is 4.80. The van der Waals surface area contributed by atoms with Gasteiger partial charge in [0.05, 0.1) is 6.10 Å². The summed E-state index contributed by atoms with van der Waals surface area (Å²) < 4.78 is 5.67. The molecular formula is C18H22O2.